The van der Waals surface area contributed by atoms with Crippen molar-refractivity contribution in [1.29, 1.82) is 0 Å². The third-order valence-corrected chi connectivity index (χ3v) is 4.49. The summed E-state index contributed by atoms with van der Waals surface area (Å²) in [5.74, 6) is -0.183. The Balaban J connectivity index is 1.80. The molecular weight excluding hydrogens is 378 g/mol. The van der Waals surface area contributed by atoms with Gasteiger partial charge >= 0.3 is 0 Å². The first-order valence-electron chi connectivity index (χ1n) is 7.88. The first kappa shape index (κ1) is 17.2. The average Bonchev–Trinajstić information content (AvgIpc) is 2.60. The molecule has 1 heterocycles. The van der Waals surface area contributed by atoms with Crippen LogP contribution in [0.2, 0.25) is 0 Å². The Hall–Kier alpha value is -2.66. The van der Waals surface area contributed by atoms with Crippen molar-refractivity contribution >= 4 is 38.9 Å². The molecule has 0 saturated heterocycles. The maximum atomic E-state index is 12.6. The largest absolute Gasteiger partial charge is 0.353 e. The lowest BCUT2D eigenvalue weighted by molar-refractivity contribution is 0.102. The van der Waals surface area contributed by atoms with E-state index in [2.05, 4.69) is 31.5 Å². The van der Waals surface area contributed by atoms with Gasteiger partial charge in [-0.3, -0.25) is 9.78 Å². The highest BCUT2D eigenvalue weighted by atomic mass is 79.9. The molecule has 0 unspecified atom stereocenters. The van der Waals surface area contributed by atoms with Gasteiger partial charge in [-0.1, -0.05) is 24.3 Å². The molecule has 1 aromatic heterocycles. The van der Waals surface area contributed by atoms with Crippen LogP contribution in [0, 0.1) is 13.8 Å². The summed E-state index contributed by atoms with van der Waals surface area (Å²) in [7, 11) is 0. The lowest BCUT2D eigenvalue weighted by Crippen LogP contribution is -2.13. The van der Waals surface area contributed by atoms with E-state index in [9.17, 15) is 4.79 Å². The zero-order valence-corrected chi connectivity index (χ0v) is 15.6. The molecule has 0 aliphatic heterocycles. The number of aromatic nitrogens is 1. The van der Waals surface area contributed by atoms with Crippen molar-refractivity contribution in [3.05, 3.63) is 82.1 Å². The first-order valence-corrected chi connectivity index (χ1v) is 8.67. The van der Waals surface area contributed by atoms with Crippen LogP contribution >= 0.6 is 15.9 Å². The molecule has 3 aromatic rings. The SMILES string of the molecule is Cc1ccc(C)c(NC(=O)c2cncc(Nc3ccccc3Br)c2)c1. The standard InChI is InChI=1S/C20H18BrN3O/c1-13-7-8-14(2)19(9-13)24-20(25)15-10-16(12-22-11-15)23-18-6-4-3-5-17(18)21/h3-12,23H,1-2H3,(H,24,25). The molecule has 0 fully saturated rings. The number of pyridine rings is 1. The van der Waals surface area contributed by atoms with E-state index in [1.165, 1.54) is 0 Å². The van der Waals surface area contributed by atoms with Gasteiger partial charge < -0.3 is 10.6 Å². The molecule has 126 valence electrons. The van der Waals surface area contributed by atoms with Gasteiger partial charge in [-0.05, 0) is 65.2 Å². The zero-order chi connectivity index (χ0) is 17.8. The molecule has 4 nitrogen and oxygen atoms in total. The molecule has 2 N–H and O–H groups in total. The molecule has 25 heavy (non-hydrogen) atoms. The summed E-state index contributed by atoms with van der Waals surface area (Å²) in [6, 6.07) is 15.6. The molecule has 3 rings (SSSR count). The molecule has 0 saturated carbocycles. The minimum Gasteiger partial charge on any atom is -0.353 e. The van der Waals surface area contributed by atoms with Crippen LogP contribution in [0.5, 0.6) is 0 Å². The molecule has 5 heteroatoms. The van der Waals surface area contributed by atoms with E-state index in [4.69, 9.17) is 0 Å². The van der Waals surface area contributed by atoms with E-state index in [1.807, 2.05) is 56.3 Å². The molecule has 0 atom stereocenters. The van der Waals surface area contributed by atoms with Gasteiger partial charge in [0.1, 0.15) is 0 Å². The van der Waals surface area contributed by atoms with E-state index >= 15 is 0 Å². The Morgan fingerprint density at radius 3 is 2.60 bits per heavy atom. The van der Waals surface area contributed by atoms with E-state index in [-0.39, 0.29) is 5.91 Å². The second-order valence-corrected chi connectivity index (χ2v) is 6.69. The van der Waals surface area contributed by atoms with Gasteiger partial charge in [0.05, 0.1) is 23.1 Å². The lowest BCUT2D eigenvalue weighted by atomic mass is 10.1. The van der Waals surface area contributed by atoms with Crippen LogP contribution < -0.4 is 10.6 Å². The predicted octanol–water partition coefficient (Wildman–Crippen LogP) is 5.46. The third kappa shape index (κ3) is 4.25. The number of nitrogens with one attached hydrogen (secondary N) is 2. The fourth-order valence-corrected chi connectivity index (χ4v) is 2.80. The Bertz CT molecular complexity index is 924. The van der Waals surface area contributed by atoms with Crippen molar-refractivity contribution < 1.29 is 4.79 Å². The Morgan fingerprint density at radius 2 is 1.80 bits per heavy atom. The maximum Gasteiger partial charge on any atom is 0.257 e. The first-order chi connectivity index (χ1) is 12.0. The van der Waals surface area contributed by atoms with Crippen molar-refractivity contribution in [1.82, 2.24) is 4.98 Å². The van der Waals surface area contributed by atoms with Crippen LogP contribution in [0.4, 0.5) is 17.1 Å². The van der Waals surface area contributed by atoms with Crippen LogP contribution in [0.15, 0.2) is 65.4 Å². The number of aryl methyl sites for hydroxylation is 2. The number of amides is 1. The second-order valence-electron chi connectivity index (χ2n) is 5.84. The third-order valence-electron chi connectivity index (χ3n) is 3.79. The highest BCUT2D eigenvalue weighted by molar-refractivity contribution is 9.10. The summed E-state index contributed by atoms with van der Waals surface area (Å²) in [6.07, 6.45) is 3.25. The number of benzene rings is 2. The highest BCUT2D eigenvalue weighted by Gasteiger charge is 2.10. The van der Waals surface area contributed by atoms with Gasteiger partial charge in [0.15, 0.2) is 0 Å². The van der Waals surface area contributed by atoms with Crippen LogP contribution in [-0.4, -0.2) is 10.9 Å². The van der Waals surface area contributed by atoms with Gasteiger partial charge in [-0.25, -0.2) is 0 Å². The van der Waals surface area contributed by atoms with Crippen molar-refractivity contribution in [2.75, 3.05) is 10.6 Å². The van der Waals surface area contributed by atoms with Crippen molar-refractivity contribution in [3.8, 4) is 0 Å². The summed E-state index contributed by atoms with van der Waals surface area (Å²) in [4.78, 5) is 16.7. The van der Waals surface area contributed by atoms with E-state index in [0.29, 0.717) is 5.56 Å². The molecular formula is C20H18BrN3O. The molecule has 2 aromatic carbocycles. The Kier molecular flexibility index (Phi) is 5.14. The Labute approximate surface area is 155 Å². The number of hydrogen-bond acceptors (Lipinski definition) is 3. The van der Waals surface area contributed by atoms with Crippen molar-refractivity contribution in [3.63, 3.8) is 0 Å². The molecule has 0 aliphatic rings. The summed E-state index contributed by atoms with van der Waals surface area (Å²) in [5.41, 5.74) is 5.10. The smallest absolute Gasteiger partial charge is 0.257 e. The normalized spacial score (nSPS) is 10.4. The Morgan fingerprint density at radius 1 is 1.00 bits per heavy atom. The van der Waals surface area contributed by atoms with E-state index in [1.54, 1.807) is 18.5 Å². The number of halogens is 1. The molecule has 0 aliphatic carbocycles. The summed E-state index contributed by atoms with van der Waals surface area (Å²) >= 11 is 3.50. The number of para-hydroxylation sites is 1. The summed E-state index contributed by atoms with van der Waals surface area (Å²) in [6.45, 7) is 3.97. The average molecular weight is 396 g/mol. The summed E-state index contributed by atoms with van der Waals surface area (Å²) in [5, 5.41) is 6.22. The molecule has 1 amide bonds. The molecule has 0 radical (unpaired) electrons. The fraction of sp³-hybridized carbons (Fsp3) is 0.100. The van der Waals surface area contributed by atoms with Gasteiger partial charge in [-0.2, -0.15) is 0 Å². The molecule has 0 bridgehead atoms. The van der Waals surface area contributed by atoms with Gasteiger partial charge in [0, 0.05) is 16.4 Å². The quantitative estimate of drug-likeness (QED) is 0.616. The number of nitrogens with zero attached hydrogens (tertiary/aromatic N) is 1. The highest BCUT2D eigenvalue weighted by Crippen LogP contribution is 2.25. The zero-order valence-electron chi connectivity index (χ0n) is 14.0. The number of carbonyl (C=O) groups is 1. The van der Waals surface area contributed by atoms with E-state index < -0.39 is 0 Å². The van der Waals surface area contributed by atoms with Gasteiger partial charge in [-0.15, -0.1) is 0 Å². The summed E-state index contributed by atoms with van der Waals surface area (Å²) < 4.78 is 0.945. The minimum absolute atomic E-state index is 0.183. The minimum atomic E-state index is -0.183. The van der Waals surface area contributed by atoms with Crippen LogP contribution in [-0.2, 0) is 0 Å². The van der Waals surface area contributed by atoms with Crippen LogP contribution in [0.25, 0.3) is 0 Å². The van der Waals surface area contributed by atoms with Gasteiger partial charge in [0.25, 0.3) is 5.91 Å². The number of carbonyl (C=O) groups excluding carboxylic acids is 1. The van der Waals surface area contributed by atoms with Crippen molar-refractivity contribution in [2.24, 2.45) is 0 Å². The number of rotatable bonds is 4. The predicted molar refractivity (Wildman–Crippen MR) is 106 cm³/mol. The number of anilines is 3. The second kappa shape index (κ2) is 7.49. The monoisotopic (exact) mass is 395 g/mol. The van der Waals surface area contributed by atoms with Crippen LogP contribution in [0.3, 0.4) is 0 Å². The topological polar surface area (TPSA) is 54.0 Å². The molecule has 0 spiro atoms. The lowest BCUT2D eigenvalue weighted by Gasteiger charge is -2.11. The number of hydrogen-bond donors (Lipinski definition) is 2. The van der Waals surface area contributed by atoms with Gasteiger partial charge in [0.2, 0.25) is 0 Å². The fourth-order valence-electron chi connectivity index (χ4n) is 2.42. The maximum absolute atomic E-state index is 12.6. The van der Waals surface area contributed by atoms with Crippen molar-refractivity contribution in [2.45, 2.75) is 13.8 Å². The van der Waals surface area contributed by atoms with E-state index in [0.717, 1.165) is 32.7 Å². The van der Waals surface area contributed by atoms with Crippen LogP contribution in [0.1, 0.15) is 21.5 Å².